The number of rotatable bonds is 3. The molecule has 0 unspecified atom stereocenters. The lowest BCUT2D eigenvalue weighted by atomic mass is 9.92. The smallest absolute Gasteiger partial charge is 0.262 e. The predicted octanol–water partition coefficient (Wildman–Crippen LogP) is 2.59. The van der Waals surface area contributed by atoms with E-state index in [1.165, 1.54) is 34.1 Å². The van der Waals surface area contributed by atoms with Crippen LogP contribution in [0.5, 0.6) is 0 Å². The van der Waals surface area contributed by atoms with E-state index in [4.69, 9.17) is 0 Å². The van der Waals surface area contributed by atoms with Gasteiger partial charge >= 0.3 is 0 Å². The van der Waals surface area contributed by atoms with Crippen LogP contribution in [0.3, 0.4) is 0 Å². The molecule has 2 atom stereocenters. The van der Waals surface area contributed by atoms with Gasteiger partial charge in [0.2, 0.25) is 5.91 Å². The number of hydrogen-bond acceptors (Lipinski definition) is 5. The molecule has 2 aromatic rings. The molecule has 1 aliphatic heterocycles. The van der Waals surface area contributed by atoms with Gasteiger partial charge in [-0.2, -0.15) is 0 Å². The van der Waals surface area contributed by atoms with Gasteiger partial charge in [-0.05, 0) is 29.7 Å². The van der Waals surface area contributed by atoms with Gasteiger partial charge in [-0.25, -0.2) is 4.98 Å². The first-order chi connectivity index (χ1) is 11.0. The van der Waals surface area contributed by atoms with Gasteiger partial charge in [0.1, 0.15) is 4.83 Å². The largest absolute Gasteiger partial charge is 0.341 e. The quantitative estimate of drug-likeness (QED) is 0.630. The van der Waals surface area contributed by atoms with Crippen LogP contribution < -0.4 is 5.56 Å². The van der Waals surface area contributed by atoms with Crippen molar-refractivity contribution in [2.75, 3.05) is 18.8 Å². The number of likely N-dealkylation sites (tertiary alicyclic amines) is 1. The zero-order chi connectivity index (χ0) is 16.6. The molecule has 1 amide bonds. The average molecular weight is 351 g/mol. The molecule has 124 valence electrons. The Hall–Kier alpha value is -1.34. The van der Waals surface area contributed by atoms with Crippen LogP contribution in [0.1, 0.15) is 20.3 Å². The van der Waals surface area contributed by atoms with E-state index in [2.05, 4.69) is 18.8 Å². The molecule has 1 fully saturated rings. The predicted molar refractivity (Wildman–Crippen MR) is 95.1 cm³/mol. The number of piperidine rings is 1. The summed E-state index contributed by atoms with van der Waals surface area (Å²) in [6, 6.07) is 1.80. The lowest BCUT2D eigenvalue weighted by Gasteiger charge is -2.35. The highest BCUT2D eigenvalue weighted by molar-refractivity contribution is 7.99. The zero-order valence-corrected chi connectivity index (χ0v) is 15.2. The summed E-state index contributed by atoms with van der Waals surface area (Å²) in [5, 5.41) is 3.12. The number of amides is 1. The van der Waals surface area contributed by atoms with Gasteiger partial charge in [-0.3, -0.25) is 14.2 Å². The molecule has 3 heterocycles. The van der Waals surface area contributed by atoms with Gasteiger partial charge in [-0.15, -0.1) is 11.3 Å². The third-order valence-electron chi connectivity index (χ3n) is 4.21. The first-order valence-electron chi connectivity index (χ1n) is 7.80. The molecule has 0 aliphatic carbocycles. The van der Waals surface area contributed by atoms with Crippen molar-refractivity contribution in [3.63, 3.8) is 0 Å². The minimum absolute atomic E-state index is 0.0496. The Bertz CT molecular complexity index is 773. The fourth-order valence-electron chi connectivity index (χ4n) is 3.19. The van der Waals surface area contributed by atoms with E-state index in [9.17, 15) is 9.59 Å². The number of hydrogen-bond donors (Lipinski definition) is 0. The summed E-state index contributed by atoms with van der Waals surface area (Å²) in [5.74, 6) is 1.57. The van der Waals surface area contributed by atoms with Gasteiger partial charge in [-0.1, -0.05) is 25.6 Å². The van der Waals surface area contributed by atoms with E-state index in [0.29, 0.717) is 28.1 Å². The van der Waals surface area contributed by atoms with E-state index in [-0.39, 0.29) is 11.5 Å². The molecule has 0 radical (unpaired) electrons. The number of fused-ring (bicyclic) bond motifs is 1. The Morgan fingerprint density at radius 2 is 2.09 bits per heavy atom. The first-order valence-corrected chi connectivity index (χ1v) is 9.67. The molecule has 1 aliphatic rings. The summed E-state index contributed by atoms with van der Waals surface area (Å²) >= 11 is 2.81. The van der Waals surface area contributed by atoms with Crippen molar-refractivity contribution < 1.29 is 4.79 Å². The van der Waals surface area contributed by atoms with Crippen LogP contribution in [-0.2, 0) is 11.8 Å². The molecule has 0 bridgehead atoms. The highest BCUT2D eigenvalue weighted by atomic mass is 32.2. The second-order valence-corrected chi connectivity index (χ2v) is 8.27. The van der Waals surface area contributed by atoms with Gasteiger partial charge in [0.15, 0.2) is 5.16 Å². The second-order valence-electron chi connectivity index (χ2n) is 6.43. The Morgan fingerprint density at radius 1 is 1.39 bits per heavy atom. The standard InChI is InChI=1S/C16H21N3O2S2/c1-10-6-11(2)8-19(7-10)13(20)9-23-16-17-14-12(4-5-22-14)15(21)18(16)3/h4-5,10-11H,6-9H2,1-3H3/t10-,11-/m1/s1. The third kappa shape index (κ3) is 3.45. The summed E-state index contributed by atoms with van der Waals surface area (Å²) in [6.07, 6.45) is 1.18. The van der Waals surface area contributed by atoms with Crippen LogP contribution in [0.2, 0.25) is 0 Å². The number of carbonyl (C=O) groups excluding carboxylic acids is 1. The van der Waals surface area contributed by atoms with Gasteiger partial charge in [0.05, 0.1) is 11.1 Å². The molecule has 0 aromatic carbocycles. The normalized spacial score (nSPS) is 21.8. The topological polar surface area (TPSA) is 55.2 Å². The Kier molecular flexibility index (Phi) is 4.77. The summed E-state index contributed by atoms with van der Waals surface area (Å²) < 4.78 is 1.54. The fraction of sp³-hybridized carbons (Fsp3) is 0.562. The van der Waals surface area contributed by atoms with Gasteiger partial charge in [0.25, 0.3) is 5.56 Å². The molecule has 0 spiro atoms. The molecule has 23 heavy (non-hydrogen) atoms. The highest BCUT2D eigenvalue weighted by Gasteiger charge is 2.25. The third-order valence-corrected chi connectivity index (χ3v) is 6.03. The summed E-state index contributed by atoms with van der Waals surface area (Å²) in [4.78, 5) is 31.9. The van der Waals surface area contributed by atoms with E-state index < -0.39 is 0 Å². The molecular weight excluding hydrogens is 330 g/mol. The van der Waals surface area contributed by atoms with Crippen molar-refractivity contribution in [2.45, 2.75) is 25.4 Å². The Labute approximate surface area is 143 Å². The van der Waals surface area contributed by atoms with Gasteiger partial charge < -0.3 is 4.90 Å². The zero-order valence-electron chi connectivity index (χ0n) is 13.6. The minimum atomic E-state index is -0.0496. The molecule has 2 aromatic heterocycles. The molecule has 0 N–H and O–H groups in total. The summed E-state index contributed by atoms with van der Waals surface area (Å²) in [7, 11) is 1.71. The van der Waals surface area contributed by atoms with Crippen molar-refractivity contribution in [1.82, 2.24) is 14.5 Å². The lowest BCUT2D eigenvalue weighted by molar-refractivity contribution is -0.130. The SMILES string of the molecule is C[C@@H]1C[C@@H](C)CN(C(=O)CSc2nc3sccc3c(=O)n2C)C1. The maximum Gasteiger partial charge on any atom is 0.262 e. The van der Waals surface area contributed by atoms with Crippen LogP contribution in [-0.4, -0.2) is 39.2 Å². The van der Waals surface area contributed by atoms with Crippen LogP contribution in [0, 0.1) is 11.8 Å². The number of thioether (sulfide) groups is 1. The summed E-state index contributed by atoms with van der Waals surface area (Å²) in [6.45, 7) is 6.05. The molecular formula is C16H21N3O2S2. The van der Waals surface area contributed by atoms with E-state index in [1.54, 1.807) is 13.1 Å². The average Bonchev–Trinajstić information content (AvgIpc) is 2.96. The van der Waals surface area contributed by atoms with Gasteiger partial charge in [0, 0.05) is 20.1 Å². The second kappa shape index (κ2) is 6.65. The van der Waals surface area contributed by atoms with Crippen LogP contribution in [0.15, 0.2) is 21.4 Å². The van der Waals surface area contributed by atoms with E-state index >= 15 is 0 Å². The monoisotopic (exact) mass is 351 g/mol. The minimum Gasteiger partial charge on any atom is -0.341 e. The Balaban J connectivity index is 1.72. The molecule has 0 saturated carbocycles. The van der Waals surface area contributed by atoms with Crippen molar-refractivity contribution in [3.8, 4) is 0 Å². The highest BCUT2D eigenvalue weighted by Crippen LogP contribution is 2.24. The van der Waals surface area contributed by atoms with Crippen LogP contribution >= 0.6 is 23.1 Å². The lowest BCUT2D eigenvalue weighted by Crippen LogP contribution is -2.43. The van der Waals surface area contributed by atoms with E-state index in [0.717, 1.165) is 17.9 Å². The maximum absolute atomic E-state index is 12.5. The molecule has 1 saturated heterocycles. The fourth-order valence-corrected chi connectivity index (χ4v) is 4.87. The van der Waals surface area contributed by atoms with E-state index in [1.807, 2.05) is 10.3 Å². The number of nitrogens with zero attached hydrogens (tertiary/aromatic N) is 3. The number of aromatic nitrogens is 2. The first kappa shape index (κ1) is 16.5. The van der Waals surface area contributed by atoms with Crippen molar-refractivity contribution in [3.05, 3.63) is 21.8 Å². The maximum atomic E-state index is 12.5. The van der Waals surface area contributed by atoms with Crippen molar-refractivity contribution in [1.29, 1.82) is 0 Å². The summed E-state index contributed by atoms with van der Waals surface area (Å²) in [5.41, 5.74) is -0.0496. The molecule has 5 nitrogen and oxygen atoms in total. The van der Waals surface area contributed by atoms with Crippen molar-refractivity contribution in [2.24, 2.45) is 18.9 Å². The Morgan fingerprint density at radius 3 is 2.78 bits per heavy atom. The van der Waals surface area contributed by atoms with Crippen LogP contribution in [0.4, 0.5) is 0 Å². The number of thiophene rings is 1. The molecule has 3 rings (SSSR count). The van der Waals surface area contributed by atoms with Crippen molar-refractivity contribution >= 4 is 39.2 Å². The number of carbonyl (C=O) groups is 1. The van der Waals surface area contributed by atoms with Crippen LogP contribution in [0.25, 0.3) is 10.2 Å². The molecule has 7 heteroatoms.